The normalized spacial score (nSPS) is 19.6. The quantitative estimate of drug-likeness (QED) is 0.453. The molecule has 1 atom stereocenters. The first-order valence-corrected chi connectivity index (χ1v) is 14.0. The Kier molecular flexibility index (Phi) is 6.22. The van der Waals surface area contributed by atoms with Crippen molar-refractivity contribution < 1.29 is 28.8 Å². The minimum Gasteiger partial charge on any atom is -0.454 e. The summed E-state index contributed by atoms with van der Waals surface area (Å²) >= 11 is 0. The number of carbonyl (C=O) groups is 1. The van der Waals surface area contributed by atoms with Crippen molar-refractivity contribution in [3.63, 3.8) is 0 Å². The molecular weight excluding hydrogens is 492 g/mol. The number of aromatic nitrogens is 1. The number of ketones is 1. The summed E-state index contributed by atoms with van der Waals surface area (Å²) in [6.07, 6.45) is 3.59. The summed E-state index contributed by atoms with van der Waals surface area (Å²) in [6, 6.07) is 18.0. The van der Waals surface area contributed by atoms with Crippen LogP contribution in [0.15, 0.2) is 65.6 Å². The number of benzene rings is 2. The molecule has 1 saturated heterocycles. The van der Waals surface area contributed by atoms with Gasteiger partial charge in [0.1, 0.15) is 5.78 Å². The van der Waals surface area contributed by atoms with Gasteiger partial charge in [0, 0.05) is 32.3 Å². The highest BCUT2D eigenvalue weighted by Crippen LogP contribution is 2.51. The van der Waals surface area contributed by atoms with E-state index in [9.17, 15) is 13.2 Å². The number of fused-ring (bicyclic) bond motifs is 1. The maximum atomic E-state index is 13.4. The molecule has 2 fully saturated rings. The standard InChI is InChI=1S/C28H28N2O6S.H2/c31-27(28(12-13-28)20-8-11-25-26(15-20)36-18-35-25)16-21-3-1-5-24(30-21)19-6-9-23(10-7-19)37(32,33)29-17-22-4-2-14-34-22;/h1,3,5-11,15,22,29H,2,4,12-14,16-18H2;1H. The molecule has 1 N–H and O–H groups in total. The molecule has 37 heavy (non-hydrogen) atoms. The Morgan fingerprint density at radius 3 is 2.62 bits per heavy atom. The van der Waals surface area contributed by atoms with Crippen LogP contribution in [0.3, 0.4) is 0 Å². The molecule has 3 aliphatic rings. The second-order valence-corrected chi connectivity index (χ2v) is 11.5. The summed E-state index contributed by atoms with van der Waals surface area (Å²) in [5.41, 5.74) is 2.62. The number of nitrogens with zero attached hydrogens (tertiary/aromatic N) is 1. The van der Waals surface area contributed by atoms with Gasteiger partial charge in [-0.1, -0.05) is 24.3 Å². The van der Waals surface area contributed by atoms with E-state index in [2.05, 4.69) is 4.72 Å². The van der Waals surface area contributed by atoms with Crippen molar-refractivity contribution in [2.24, 2.45) is 0 Å². The summed E-state index contributed by atoms with van der Waals surface area (Å²) in [5, 5.41) is 0. The number of rotatable bonds is 9. The fourth-order valence-electron chi connectivity index (χ4n) is 5.02. The van der Waals surface area contributed by atoms with E-state index in [1.165, 1.54) is 0 Å². The second-order valence-electron chi connectivity index (χ2n) is 9.78. The van der Waals surface area contributed by atoms with Gasteiger partial charge in [0.15, 0.2) is 11.5 Å². The number of Topliss-reactive ketones (excluding diaryl/α,β-unsaturated/α-hetero) is 1. The van der Waals surface area contributed by atoms with Crippen molar-refractivity contribution in [2.75, 3.05) is 19.9 Å². The average Bonchev–Trinajstić information content (AvgIpc) is 3.31. The Hall–Kier alpha value is -3.27. The van der Waals surface area contributed by atoms with Crippen LogP contribution in [-0.2, 0) is 31.4 Å². The van der Waals surface area contributed by atoms with Crippen LogP contribution in [0.5, 0.6) is 11.5 Å². The van der Waals surface area contributed by atoms with Gasteiger partial charge in [-0.25, -0.2) is 13.1 Å². The van der Waals surface area contributed by atoms with Gasteiger partial charge in [-0.3, -0.25) is 9.78 Å². The summed E-state index contributed by atoms with van der Waals surface area (Å²) < 4.78 is 44.3. The Balaban J connectivity index is 0.00000294. The van der Waals surface area contributed by atoms with Crippen molar-refractivity contribution in [3.05, 3.63) is 71.9 Å². The van der Waals surface area contributed by atoms with Crippen molar-refractivity contribution in [3.8, 4) is 22.8 Å². The minimum absolute atomic E-state index is 0. The predicted molar refractivity (Wildman–Crippen MR) is 138 cm³/mol. The van der Waals surface area contributed by atoms with Gasteiger partial charge in [0.25, 0.3) is 0 Å². The zero-order valence-electron chi connectivity index (χ0n) is 20.3. The van der Waals surface area contributed by atoms with Crippen LogP contribution in [0.25, 0.3) is 11.3 Å². The fraction of sp³-hybridized carbons (Fsp3) is 0.357. The van der Waals surface area contributed by atoms with E-state index in [0.29, 0.717) is 29.5 Å². The zero-order chi connectivity index (χ0) is 25.5. The third-order valence-electron chi connectivity index (χ3n) is 7.34. The topological polar surface area (TPSA) is 104 Å². The van der Waals surface area contributed by atoms with E-state index in [-0.39, 0.29) is 38.0 Å². The lowest BCUT2D eigenvalue weighted by Crippen LogP contribution is -2.31. The molecule has 0 bridgehead atoms. The van der Waals surface area contributed by atoms with Gasteiger partial charge in [0.05, 0.1) is 22.1 Å². The van der Waals surface area contributed by atoms with Crippen LogP contribution >= 0.6 is 0 Å². The maximum Gasteiger partial charge on any atom is 0.240 e. The molecule has 6 rings (SSSR count). The van der Waals surface area contributed by atoms with Crippen LogP contribution in [0.4, 0.5) is 0 Å². The SMILES string of the molecule is O=C(Cc1cccc(-c2ccc(S(=O)(=O)NCC3CCCO3)cc2)n1)C1(c2ccc3c(c2)OCO3)CC1.[HH]. The maximum absolute atomic E-state index is 13.4. The molecule has 3 heterocycles. The zero-order valence-corrected chi connectivity index (χ0v) is 21.1. The largest absolute Gasteiger partial charge is 0.454 e. The molecule has 8 nitrogen and oxygen atoms in total. The van der Waals surface area contributed by atoms with Crippen molar-refractivity contribution in [1.29, 1.82) is 0 Å². The molecule has 1 saturated carbocycles. The molecule has 2 aliphatic heterocycles. The third kappa shape index (κ3) is 4.86. The van der Waals surface area contributed by atoms with Gasteiger partial charge < -0.3 is 14.2 Å². The lowest BCUT2D eigenvalue weighted by molar-refractivity contribution is -0.120. The third-order valence-corrected chi connectivity index (χ3v) is 8.78. The molecule has 3 aromatic rings. The summed E-state index contributed by atoms with van der Waals surface area (Å²) in [4.78, 5) is 18.3. The van der Waals surface area contributed by atoms with Crippen LogP contribution < -0.4 is 14.2 Å². The van der Waals surface area contributed by atoms with Crippen LogP contribution in [0.1, 0.15) is 38.4 Å². The van der Waals surface area contributed by atoms with Gasteiger partial charge >= 0.3 is 0 Å². The molecule has 0 radical (unpaired) electrons. The lowest BCUT2D eigenvalue weighted by Gasteiger charge is -2.15. The number of ether oxygens (including phenoxy) is 3. The molecule has 1 aromatic heterocycles. The first-order valence-electron chi connectivity index (χ1n) is 12.5. The van der Waals surface area contributed by atoms with Crippen molar-refractivity contribution in [1.82, 2.24) is 9.71 Å². The highest BCUT2D eigenvalue weighted by molar-refractivity contribution is 7.89. The molecule has 1 aliphatic carbocycles. The van der Waals surface area contributed by atoms with E-state index in [0.717, 1.165) is 36.8 Å². The summed E-state index contributed by atoms with van der Waals surface area (Å²) in [5.74, 6) is 1.53. The number of carbonyl (C=O) groups excluding carboxylic acids is 1. The molecular formula is C28H30N2O6S. The Morgan fingerprint density at radius 1 is 1.05 bits per heavy atom. The first-order chi connectivity index (χ1) is 17.9. The number of nitrogens with one attached hydrogen (secondary N) is 1. The van der Waals surface area contributed by atoms with Crippen molar-refractivity contribution in [2.45, 2.75) is 48.5 Å². The van der Waals surface area contributed by atoms with Gasteiger partial charge in [0.2, 0.25) is 16.8 Å². The fourth-order valence-corrected chi connectivity index (χ4v) is 6.08. The molecule has 0 amide bonds. The van der Waals surface area contributed by atoms with E-state index in [1.54, 1.807) is 24.3 Å². The molecule has 0 spiro atoms. The first kappa shape index (κ1) is 24.1. The van der Waals surface area contributed by atoms with Gasteiger partial charge in [-0.05, 0) is 67.6 Å². The Morgan fingerprint density at radius 2 is 1.86 bits per heavy atom. The summed E-state index contributed by atoms with van der Waals surface area (Å²) in [7, 11) is -3.62. The highest BCUT2D eigenvalue weighted by atomic mass is 32.2. The smallest absolute Gasteiger partial charge is 0.240 e. The molecule has 194 valence electrons. The molecule has 1 unspecified atom stereocenters. The lowest BCUT2D eigenvalue weighted by atomic mass is 9.88. The Labute approximate surface area is 217 Å². The van der Waals surface area contributed by atoms with Crippen molar-refractivity contribution >= 4 is 15.8 Å². The van der Waals surface area contributed by atoms with Gasteiger partial charge in [-0.2, -0.15) is 0 Å². The summed E-state index contributed by atoms with van der Waals surface area (Å²) in [6.45, 7) is 1.16. The molecule has 9 heteroatoms. The van der Waals surface area contributed by atoms with E-state index in [1.807, 2.05) is 36.4 Å². The molecule has 2 aromatic carbocycles. The predicted octanol–water partition coefficient (Wildman–Crippen LogP) is 4.02. The minimum atomic E-state index is -3.62. The number of pyridine rings is 1. The number of sulfonamides is 1. The van der Waals surface area contributed by atoms with E-state index >= 15 is 0 Å². The van der Waals surface area contributed by atoms with Gasteiger partial charge in [-0.15, -0.1) is 0 Å². The average molecular weight is 523 g/mol. The number of hydrogen-bond acceptors (Lipinski definition) is 7. The van der Waals surface area contributed by atoms with E-state index in [4.69, 9.17) is 19.2 Å². The monoisotopic (exact) mass is 522 g/mol. The van der Waals surface area contributed by atoms with E-state index < -0.39 is 15.4 Å². The van der Waals surface area contributed by atoms with Crippen LogP contribution in [-0.4, -0.2) is 45.2 Å². The number of hydrogen-bond donors (Lipinski definition) is 1. The second kappa shape index (κ2) is 9.55. The van der Waals surface area contributed by atoms with Crippen LogP contribution in [0, 0.1) is 0 Å². The Bertz CT molecular complexity index is 1430. The van der Waals surface area contributed by atoms with Crippen LogP contribution in [0.2, 0.25) is 0 Å². The highest BCUT2D eigenvalue weighted by Gasteiger charge is 2.51.